The molecule has 0 bridgehead atoms. The maximum Gasteiger partial charge on any atom is 0.339 e. The van der Waals surface area contributed by atoms with Gasteiger partial charge in [0.15, 0.2) is 0 Å². The minimum atomic E-state index is -0.948. The molecular weight excluding hydrogens is 168 g/mol. The van der Waals surface area contributed by atoms with Crippen molar-refractivity contribution in [3.8, 4) is 0 Å². The van der Waals surface area contributed by atoms with Crippen LogP contribution >= 0.6 is 0 Å². The Morgan fingerprint density at radius 1 is 1.46 bits per heavy atom. The normalized spacial score (nSPS) is 9.77. The van der Waals surface area contributed by atoms with Crippen LogP contribution in [0, 0.1) is 6.92 Å². The molecule has 0 fully saturated rings. The van der Waals surface area contributed by atoms with Gasteiger partial charge in [-0.2, -0.15) is 0 Å². The smallest absolute Gasteiger partial charge is 0.339 e. The minimum Gasteiger partial charge on any atom is -0.478 e. The molecule has 0 radical (unpaired) electrons. The molecule has 1 aromatic rings. The molecule has 0 unspecified atom stereocenters. The number of carboxylic acid groups (broad SMARTS) is 1. The van der Waals surface area contributed by atoms with Gasteiger partial charge in [0.25, 0.3) is 0 Å². The molecule has 0 atom stereocenters. The highest BCUT2D eigenvalue weighted by atomic mass is 16.4. The molecule has 0 aliphatic rings. The van der Waals surface area contributed by atoms with E-state index in [1.807, 2.05) is 6.92 Å². The van der Waals surface area contributed by atoms with Gasteiger partial charge in [-0.15, -0.1) is 0 Å². The molecule has 0 aliphatic heterocycles. The number of aromatic nitrogens is 1. The summed E-state index contributed by atoms with van der Waals surface area (Å²) in [7, 11) is 3.54. The number of carboxylic acids is 1. The topological polar surface area (TPSA) is 53.4 Å². The van der Waals surface area contributed by atoms with Gasteiger partial charge in [-0.1, -0.05) is 0 Å². The van der Waals surface area contributed by atoms with Gasteiger partial charge < -0.3 is 10.0 Å². The minimum absolute atomic E-state index is 0.232. The van der Waals surface area contributed by atoms with E-state index >= 15 is 0 Å². The van der Waals surface area contributed by atoms with E-state index in [1.165, 1.54) is 0 Å². The molecule has 4 heteroatoms. The first kappa shape index (κ1) is 9.51. The second kappa shape index (κ2) is 3.43. The van der Waals surface area contributed by atoms with Crippen LogP contribution in [-0.4, -0.2) is 30.2 Å². The zero-order valence-corrected chi connectivity index (χ0v) is 7.90. The predicted molar refractivity (Wildman–Crippen MR) is 50.3 cm³/mol. The summed E-state index contributed by atoms with van der Waals surface area (Å²) >= 11 is 0. The average Bonchev–Trinajstić information content (AvgIpc) is 2.03. The van der Waals surface area contributed by atoms with Gasteiger partial charge in [0, 0.05) is 19.8 Å². The number of hydrogen-bond acceptors (Lipinski definition) is 3. The number of aromatic carboxylic acids is 1. The van der Waals surface area contributed by atoms with Crippen molar-refractivity contribution < 1.29 is 9.90 Å². The Kier molecular flexibility index (Phi) is 2.51. The highest BCUT2D eigenvalue weighted by Crippen LogP contribution is 2.15. The summed E-state index contributed by atoms with van der Waals surface area (Å²) < 4.78 is 0. The van der Waals surface area contributed by atoms with Gasteiger partial charge in [0.2, 0.25) is 0 Å². The Bertz CT molecular complexity index is 334. The molecule has 0 aliphatic carbocycles. The van der Waals surface area contributed by atoms with Crippen LogP contribution in [0.4, 0.5) is 5.82 Å². The van der Waals surface area contributed by atoms with E-state index in [-0.39, 0.29) is 5.56 Å². The fourth-order valence-corrected chi connectivity index (χ4v) is 1.05. The van der Waals surface area contributed by atoms with Crippen molar-refractivity contribution in [1.29, 1.82) is 0 Å². The van der Waals surface area contributed by atoms with Gasteiger partial charge in [-0.25, -0.2) is 9.78 Å². The molecular formula is C9H12N2O2. The highest BCUT2D eigenvalue weighted by molar-refractivity contribution is 5.93. The maximum atomic E-state index is 10.8. The highest BCUT2D eigenvalue weighted by Gasteiger charge is 2.12. The number of nitrogens with zero attached hydrogens (tertiary/aromatic N) is 2. The van der Waals surface area contributed by atoms with E-state index in [0.29, 0.717) is 5.82 Å². The number of carbonyl (C=O) groups is 1. The van der Waals surface area contributed by atoms with Crippen LogP contribution in [0.5, 0.6) is 0 Å². The van der Waals surface area contributed by atoms with Gasteiger partial charge in [-0.3, -0.25) is 0 Å². The molecule has 0 amide bonds. The molecule has 1 rings (SSSR count). The van der Waals surface area contributed by atoms with E-state index in [4.69, 9.17) is 5.11 Å². The van der Waals surface area contributed by atoms with Crippen molar-refractivity contribution >= 4 is 11.8 Å². The van der Waals surface area contributed by atoms with E-state index < -0.39 is 5.97 Å². The largest absolute Gasteiger partial charge is 0.478 e. The van der Waals surface area contributed by atoms with Crippen molar-refractivity contribution in [2.45, 2.75) is 6.92 Å². The number of pyridine rings is 1. The van der Waals surface area contributed by atoms with E-state index in [0.717, 1.165) is 5.69 Å². The molecule has 1 aromatic heterocycles. The lowest BCUT2D eigenvalue weighted by Gasteiger charge is -2.14. The third-order valence-electron chi connectivity index (χ3n) is 1.67. The monoisotopic (exact) mass is 180 g/mol. The molecule has 0 spiro atoms. The summed E-state index contributed by atoms with van der Waals surface area (Å²) in [5, 5.41) is 8.84. The van der Waals surface area contributed by atoms with Crippen molar-refractivity contribution in [2.75, 3.05) is 19.0 Å². The second-order valence-corrected chi connectivity index (χ2v) is 3.02. The first-order valence-electron chi connectivity index (χ1n) is 3.90. The number of aryl methyl sites for hydroxylation is 1. The lowest BCUT2D eigenvalue weighted by molar-refractivity contribution is 0.0697. The van der Waals surface area contributed by atoms with E-state index in [9.17, 15) is 4.79 Å². The van der Waals surface area contributed by atoms with Crippen molar-refractivity contribution in [3.63, 3.8) is 0 Å². The lowest BCUT2D eigenvalue weighted by atomic mass is 10.2. The molecule has 1 N–H and O–H groups in total. The summed E-state index contributed by atoms with van der Waals surface area (Å²) in [6.45, 7) is 1.83. The Hall–Kier alpha value is -1.58. The van der Waals surface area contributed by atoms with Crippen molar-refractivity contribution in [1.82, 2.24) is 4.98 Å². The maximum absolute atomic E-state index is 10.8. The Morgan fingerprint density at radius 2 is 2.08 bits per heavy atom. The van der Waals surface area contributed by atoms with Gasteiger partial charge in [-0.05, 0) is 19.1 Å². The van der Waals surface area contributed by atoms with E-state index in [2.05, 4.69) is 4.98 Å². The summed E-state index contributed by atoms with van der Waals surface area (Å²) in [4.78, 5) is 16.6. The van der Waals surface area contributed by atoms with E-state index in [1.54, 1.807) is 31.1 Å². The molecule has 0 saturated heterocycles. The Labute approximate surface area is 76.8 Å². The second-order valence-electron chi connectivity index (χ2n) is 3.02. The standard InChI is InChI=1S/C9H12N2O2/c1-6-4-5-7(9(12)13)8(10-6)11(2)3/h4-5H,1-3H3,(H,12,13). The SMILES string of the molecule is Cc1ccc(C(=O)O)c(N(C)C)n1. The summed E-state index contributed by atoms with van der Waals surface area (Å²) in [5.74, 6) is -0.455. The number of rotatable bonds is 2. The third-order valence-corrected chi connectivity index (χ3v) is 1.67. The molecule has 0 aromatic carbocycles. The van der Waals surface area contributed by atoms with Crippen LogP contribution in [0.1, 0.15) is 16.1 Å². The predicted octanol–water partition coefficient (Wildman–Crippen LogP) is 1.15. The van der Waals surface area contributed by atoms with Crippen molar-refractivity contribution in [3.05, 3.63) is 23.4 Å². The fraction of sp³-hybridized carbons (Fsp3) is 0.333. The molecule has 70 valence electrons. The Balaban J connectivity index is 3.26. The van der Waals surface area contributed by atoms with Gasteiger partial charge >= 0.3 is 5.97 Å². The number of anilines is 1. The lowest BCUT2D eigenvalue weighted by Crippen LogP contribution is -2.16. The molecule has 13 heavy (non-hydrogen) atoms. The van der Waals surface area contributed by atoms with Crippen LogP contribution < -0.4 is 4.90 Å². The first-order chi connectivity index (χ1) is 6.02. The number of hydrogen-bond donors (Lipinski definition) is 1. The zero-order valence-electron chi connectivity index (χ0n) is 7.90. The van der Waals surface area contributed by atoms with Gasteiger partial charge in [0.05, 0.1) is 0 Å². The van der Waals surface area contributed by atoms with Crippen LogP contribution in [0.15, 0.2) is 12.1 Å². The van der Waals surface area contributed by atoms with Crippen LogP contribution in [-0.2, 0) is 0 Å². The molecule has 4 nitrogen and oxygen atoms in total. The third kappa shape index (κ3) is 1.96. The summed E-state index contributed by atoms with van der Waals surface area (Å²) in [6.07, 6.45) is 0. The quantitative estimate of drug-likeness (QED) is 0.741. The van der Waals surface area contributed by atoms with Crippen LogP contribution in [0.25, 0.3) is 0 Å². The molecule has 0 saturated carbocycles. The molecule has 1 heterocycles. The first-order valence-corrected chi connectivity index (χ1v) is 3.90. The zero-order chi connectivity index (χ0) is 10.0. The Morgan fingerprint density at radius 3 is 2.54 bits per heavy atom. The van der Waals surface area contributed by atoms with Crippen LogP contribution in [0.2, 0.25) is 0 Å². The average molecular weight is 180 g/mol. The fourth-order valence-electron chi connectivity index (χ4n) is 1.05. The van der Waals surface area contributed by atoms with Gasteiger partial charge in [0.1, 0.15) is 11.4 Å². The summed E-state index contributed by atoms with van der Waals surface area (Å²) in [6, 6.07) is 3.26. The van der Waals surface area contributed by atoms with Crippen LogP contribution in [0.3, 0.4) is 0 Å². The summed E-state index contributed by atoms with van der Waals surface area (Å²) in [5.41, 5.74) is 1.05. The van der Waals surface area contributed by atoms with Crippen molar-refractivity contribution in [2.24, 2.45) is 0 Å².